The smallest absolute Gasteiger partial charge is 0.230 e. The summed E-state index contributed by atoms with van der Waals surface area (Å²) in [7, 11) is 0. The van der Waals surface area contributed by atoms with Crippen LogP contribution in [-0.4, -0.2) is 0 Å². The van der Waals surface area contributed by atoms with Gasteiger partial charge in [-0.05, 0) is 45.1 Å². The summed E-state index contributed by atoms with van der Waals surface area (Å²) in [6.07, 6.45) is 3.98. The largest absolute Gasteiger partial charge is 0.231 e. The van der Waals surface area contributed by atoms with E-state index in [0.717, 1.165) is 16.5 Å². The SMILES string of the molecule is c1ccc2c[n+](Oc3ccc4ccc5cccc6ccc3c4c56)ccc2c1. The van der Waals surface area contributed by atoms with Gasteiger partial charge in [0.25, 0.3) is 0 Å². The molecule has 1 aromatic heterocycles. The van der Waals surface area contributed by atoms with Crippen molar-refractivity contribution in [1.29, 1.82) is 0 Å². The van der Waals surface area contributed by atoms with E-state index >= 15 is 0 Å². The van der Waals surface area contributed by atoms with Crippen molar-refractivity contribution in [3.05, 3.63) is 97.3 Å². The predicted octanol–water partition coefficient (Wildman–Crippen LogP) is 5.87. The van der Waals surface area contributed by atoms with Crippen LogP contribution < -0.4 is 9.57 Å². The van der Waals surface area contributed by atoms with Gasteiger partial charge < -0.3 is 0 Å². The van der Waals surface area contributed by atoms with Gasteiger partial charge in [0, 0.05) is 21.6 Å². The maximum absolute atomic E-state index is 6.26. The fourth-order valence-corrected chi connectivity index (χ4v) is 4.07. The molecule has 0 saturated heterocycles. The van der Waals surface area contributed by atoms with Crippen LogP contribution in [0.2, 0.25) is 0 Å². The molecule has 27 heavy (non-hydrogen) atoms. The predicted molar refractivity (Wildman–Crippen MR) is 110 cm³/mol. The van der Waals surface area contributed by atoms with E-state index in [4.69, 9.17) is 4.84 Å². The lowest BCUT2D eigenvalue weighted by atomic mass is 9.94. The summed E-state index contributed by atoms with van der Waals surface area (Å²) >= 11 is 0. The molecule has 1 heterocycles. The monoisotopic (exact) mass is 346 g/mol. The molecule has 0 fully saturated rings. The minimum atomic E-state index is 0.862. The van der Waals surface area contributed by atoms with Crippen molar-refractivity contribution in [3.63, 3.8) is 0 Å². The number of fused-ring (bicyclic) bond motifs is 1. The average Bonchev–Trinajstić information content (AvgIpc) is 2.73. The fraction of sp³-hybridized carbons (Fsp3) is 0. The van der Waals surface area contributed by atoms with Crippen molar-refractivity contribution in [2.45, 2.75) is 0 Å². The van der Waals surface area contributed by atoms with Crippen molar-refractivity contribution in [2.75, 3.05) is 0 Å². The van der Waals surface area contributed by atoms with E-state index in [-0.39, 0.29) is 0 Å². The molecule has 126 valence electrons. The zero-order chi connectivity index (χ0) is 17.8. The summed E-state index contributed by atoms with van der Waals surface area (Å²) in [5.74, 6) is 0.862. The van der Waals surface area contributed by atoms with Gasteiger partial charge in [-0.3, -0.25) is 0 Å². The molecule has 2 nitrogen and oxygen atoms in total. The lowest BCUT2D eigenvalue weighted by Crippen LogP contribution is -2.38. The Labute approximate surface area is 156 Å². The van der Waals surface area contributed by atoms with Crippen LogP contribution in [0.1, 0.15) is 0 Å². The Kier molecular flexibility index (Phi) is 2.91. The zero-order valence-corrected chi connectivity index (χ0v) is 14.6. The summed E-state index contributed by atoms with van der Waals surface area (Å²) in [4.78, 5) is 6.26. The van der Waals surface area contributed by atoms with Crippen LogP contribution in [0.5, 0.6) is 5.75 Å². The molecular weight excluding hydrogens is 330 g/mol. The molecule has 0 unspecified atom stereocenters. The Bertz CT molecular complexity index is 1440. The Morgan fingerprint density at radius 3 is 2.04 bits per heavy atom. The third-order valence-corrected chi connectivity index (χ3v) is 5.36. The highest BCUT2D eigenvalue weighted by molar-refractivity contribution is 6.24. The van der Waals surface area contributed by atoms with Crippen LogP contribution in [0.25, 0.3) is 43.1 Å². The Hall–Kier alpha value is -3.65. The summed E-state index contributed by atoms with van der Waals surface area (Å²) in [6.45, 7) is 0. The number of aromatic nitrogens is 1. The molecule has 0 radical (unpaired) electrons. The summed E-state index contributed by atoms with van der Waals surface area (Å²) < 4.78 is 1.79. The van der Waals surface area contributed by atoms with E-state index < -0.39 is 0 Å². The van der Waals surface area contributed by atoms with Crippen LogP contribution in [0, 0.1) is 0 Å². The second kappa shape index (κ2) is 5.42. The highest BCUT2D eigenvalue weighted by Crippen LogP contribution is 2.38. The van der Waals surface area contributed by atoms with Gasteiger partial charge in [0.2, 0.25) is 18.1 Å². The molecule has 0 aliphatic rings. The van der Waals surface area contributed by atoms with Crippen molar-refractivity contribution in [1.82, 2.24) is 0 Å². The maximum Gasteiger partial charge on any atom is 0.230 e. The van der Waals surface area contributed by atoms with Crippen LogP contribution in [0.3, 0.4) is 0 Å². The van der Waals surface area contributed by atoms with Gasteiger partial charge in [-0.2, -0.15) is 0 Å². The molecule has 0 N–H and O–H groups in total. The molecule has 6 aromatic rings. The quantitative estimate of drug-likeness (QED) is 0.282. The van der Waals surface area contributed by atoms with Crippen molar-refractivity contribution >= 4 is 43.1 Å². The number of benzene rings is 5. The molecule has 0 saturated carbocycles. The average molecular weight is 346 g/mol. The van der Waals surface area contributed by atoms with Gasteiger partial charge in [0.15, 0.2) is 0 Å². The number of pyridine rings is 1. The van der Waals surface area contributed by atoms with E-state index in [0.29, 0.717) is 0 Å². The van der Waals surface area contributed by atoms with Crippen LogP contribution in [-0.2, 0) is 0 Å². The van der Waals surface area contributed by atoms with E-state index in [1.807, 2.05) is 18.5 Å². The number of rotatable bonds is 2. The molecular formula is C25H16NO+. The first-order chi connectivity index (χ1) is 13.4. The molecule has 0 amide bonds. The molecule has 0 atom stereocenters. The number of hydrogen-bond acceptors (Lipinski definition) is 1. The molecule has 0 aliphatic carbocycles. The fourth-order valence-electron chi connectivity index (χ4n) is 4.07. The minimum absolute atomic E-state index is 0.862. The Morgan fingerprint density at radius 1 is 0.519 bits per heavy atom. The number of nitrogens with zero attached hydrogens (tertiary/aromatic N) is 1. The standard InChI is InChI=1S/C25H16NO/c1-2-5-21-16-26(15-14-17(21)4-1)27-23-13-11-20-9-8-18-6-3-7-19-10-12-22(23)25(20)24(18)19/h1-16H/q+1. The van der Waals surface area contributed by atoms with Crippen LogP contribution in [0.15, 0.2) is 97.3 Å². The Morgan fingerprint density at radius 2 is 1.19 bits per heavy atom. The van der Waals surface area contributed by atoms with Gasteiger partial charge >= 0.3 is 0 Å². The highest BCUT2D eigenvalue weighted by atomic mass is 16.7. The second-order valence-corrected chi connectivity index (χ2v) is 6.94. The first-order valence-electron chi connectivity index (χ1n) is 9.12. The normalized spacial score (nSPS) is 11.7. The zero-order valence-electron chi connectivity index (χ0n) is 14.6. The summed E-state index contributed by atoms with van der Waals surface area (Å²) in [5, 5.41) is 9.83. The van der Waals surface area contributed by atoms with Crippen LogP contribution >= 0.6 is 0 Å². The van der Waals surface area contributed by atoms with E-state index in [9.17, 15) is 0 Å². The van der Waals surface area contributed by atoms with Crippen molar-refractivity contribution in [3.8, 4) is 5.75 Å². The Balaban J connectivity index is 1.58. The third kappa shape index (κ3) is 2.17. The van der Waals surface area contributed by atoms with E-state index in [1.165, 1.54) is 32.3 Å². The van der Waals surface area contributed by atoms with Gasteiger partial charge in [0.1, 0.15) is 0 Å². The number of hydrogen-bond donors (Lipinski definition) is 0. The highest BCUT2D eigenvalue weighted by Gasteiger charge is 2.14. The molecule has 0 spiro atoms. The second-order valence-electron chi connectivity index (χ2n) is 6.94. The van der Waals surface area contributed by atoms with Crippen molar-refractivity contribution in [2.24, 2.45) is 0 Å². The molecule has 5 aromatic carbocycles. The lowest BCUT2D eigenvalue weighted by Gasteiger charge is -2.12. The summed E-state index contributed by atoms with van der Waals surface area (Å²) in [5.41, 5.74) is 0. The van der Waals surface area contributed by atoms with Gasteiger partial charge in [-0.15, -0.1) is 0 Å². The molecule has 0 aliphatic heterocycles. The van der Waals surface area contributed by atoms with Gasteiger partial charge in [-0.25, -0.2) is 4.84 Å². The van der Waals surface area contributed by atoms with Gasteiger partial charge in [-0.1, -0.05) is 60.7 Å². The lowest BCUT2D eigenvalue weighted by molar-refractivity contribution is -0.873. The maximum atomic E-state index is 6.26. The van der Waals surface area contributed by atoms with Gasteiger partial charge in [0.05, 0.1) is 5.39 Å². The molecule has 6 rings (SSSR count). The van der Waals surface area contributed by atoms with Crippen LogP contribution in [0.4, 0.5) is 0 Å². The third-order valence-electron chi connectivity index (χ3n) is 5.36. The topological polar surface area (TPSA) is 13.1 Å². The first-order valence-corrected chi connectivity index (χ1v) is 9.12. The van der Waals surface area contributed by atoms with E-state index in [1.54, 1.807) is 4.73 Å². The minimum Gasteiger partial charge on any atom is -0.231 e. The first kappa shape index (κ1) is 14.5. The molecule has 0 bridgehead atoms. The summed E-state index contributed by atoms with van der Waals surface area (Å²) in [6, 6.07) is 29.8. The molecule has 2 heteroatoms. The van der Waals surface area contributed by atoms with E-state index in [2.05, 4.69) is 78.9 Å². The van der Waals surface area contributed by atoms with Crippen molar-refractivity contribution < 1.29 is 9.57 Å².